The van der Waals surface area contributed by atoms with Crippen molar-refractivity contribution in [2.45, 2.75) is 68.7 Å². The Morgan fingerprint density at radius 1 is 1.05 bits per heavy atom. The molecule has 3 aliphatic rings. The predicted octanol–water partition coefficient (Wildman–Crippen LogP) is 2.02. The van der Waals surface area contributed by atoms with Gasteiger partial charge in [0.1, 0.15) is 36.2 Å². The molecule has 1 amide bonds. The molecule has 9 atom stereocenters. The van der Waals surface area contributed by atoms with Gasteiger partial charge in [-0.15, -0.1) is 12.6 Å². The fraction of sp³-hybridized carbons (Fsp3) is 0.424. The van der Waals surface area contributed by atoms with Gasteiger partial charge < -0.3 is 38.8 Å². The smallest absolute Gasteiger partial charge is 0.345 e. The number of nitrogen functional groups attached to an aromatic ring is 1. The van der Waals surface area contributed by atoms with E-state index in [1.807, 2.05) is 0 Å². The first-order valence-corrected chi connectivity index (χ1v) is 21.3. The highest BCUT2D eigenvalue weighted by Gasteiger charge is 2.53. The Kier molecular flexibility index (Phi) is 11.5. The van der Waals surface area contributed by atoms with Crippen molar-refractivity contribution in [3.63, 3.8) is 0 Å². The molecule has 59 heavy (non-hydrogen) atoms. The first-order chi connectivity index (χ1) is 28.2. The summed E-state index contributed by atoms with van der Waals surface area (Å²) in [6.07, 6.45) is -5.79. The van der Waals surface area contributed by atoms with Crippen LogP contribution >= 0.6 is 30.9 Å². The Bertz CT molecular complexity index is 2550. The topological polar surface area (TPSA) is 281 Å². The molecule has 3 saturated heterocycles. The first kappa shape index (κ1) is 41.1. The van der Waals surface area contributed by atoms with Gasteiger partial charge in [-0.25, -0.2) is 19.6 Å². The zero-order valence-corrected chi connectivity index (χ0v) is 34.0. The fourth-order valence-corrected chi connectivity index (χ4v) is 8.36. The van der Waals surface area contributed by atoms with Crippen LogP contribution in [-0.2, 0) is 54.1 Å². The molecule has 26 heteroatoms. The van der Waals surface area contributed by atoms with Gasteiger partial charge >= 0.3 is 18.7 Å². The number of anilines is 2. The van der Waals surface area contributed by atoms with Crippen LogP contribution in [0.2, 0.25) is 5.28 Å². The monoisotopic (exact) mass is 892 g/mol. The molecule has 1 aromatic carbocycles. The number of imidazole rings is 2. The minimum Gasteiger partial charge on any atom is -0.457 e. The van der Waals surface area contributed by atoms with Crippen LogP contribution in [0.15, 0.2) is 47.8 Å². The number of benzene rings is 1. The number of H-pyrrole nitrogens is 1. The Morgan fingerprint density at radius 2 is 1.78 bits per heavy atom. The van der Waals surface area contributed by atoms with Crippen molar-refractivity contribution in [3.05, 3.63) is 64.2 Å². The summed E-state index contributed by atoms with van der Waals surface area (Å²) in [7, 11) is 0. The molecule has 0 aliphatic carbocycles. The molecule has 3 fully saturated rings. The molecule has 5 N–H and O–H groups in total. The van der Waals surface area contributed by atoms with Gasteiger partial charge in [-0.1, -0.05) is 32.0 Å². The van der Waals surface area contributed by atoms with Gasteiger partial charge in [-0.2, -0.15) is 15.0 Å². The van der Waals surface area contributed by atoms with Gasteiger partial charge in [0.05, 0.1) is 31.4 Å². The summed E-state index contributed by atoms with van der Waals surface area (Å²) in [5, 5.41) is 2.41. The molecule has 0 radical (unpaired) electrons. The minimum atomic E-state index is -4.33. The third-order valence-corrected chi connectivity index (χ3v) is 11.6. The van der Waals surface area contributed by atoms with E-state index < -0.39 is 97.7 Å². The van der Waals surface area contributed by atoms with Crippen LogP contribution in [0.1, 0.15) is 43.1 Å². The number of nitrogens with two attached hydrogens (primary N) is 1. The van der Waals surface area contributed by atoms with Crippen molar-refractivity contribution in [1.29, 1.82) is 0 Å². The highest BCUT2D eigenvalue weighted by Crippen LogP contribution is 2.51. The molecule has 4 aromatic heterocycles. The zero-order valence-electron chi connectivity index (χ0n) is 30.7. The number of ether oxygens (including phenoxy) is 5. The number of hydrogen-bond donors (Lipinski definition) is 5. The third kappa shape index (κ3) is 8.42. The molecule has 3 aliphatic heterocycles. The number of rotatable bonds is 6. The largest absolute Gasteiger partial charge is 0.457 e. The van der Waals surface area contributed by atoms with Crippen LogP contribution in [-0.4, -0.2) is 111 Å². The lowest BCUT2D eigenvalue weighted by molar-refractivity contribution is -0.162. The number of nitrogens with one attached hydrogen (secondary N) is 2. The normalized spacial score (nSPS) is 28.9. The Labute approximate surface area is 347 Å². The summed E-state index contributed by atoms with van der Waals surface area (Å²) in [5.74, 6) is -2.75. The Morgan fingerprint density at radius 3 is 2.54 bits per heavy atom. The predicted molar refractivity (Wildman–Crippen MR) is 210 cm³/mol. The van der Waals surface area contributed by atoms with E-state index in [2.05, 4.69) is 47.8 Å². The molecule has 22 nitrogen and oxygen atoms in total. The molecule has 0 saturated carbocycles. The van der Waals surface area contributed by atoms with Crippen LogP contribution in [0, 0.1) is 5.92 Å². The number of amides is 1. The van der Waals surface area contributed by atoms with Gasteiger partial charge in [0.25, 0.3) is 5.56 Å². The van der Waals surface area contributed by atoms with Crippen molar-refractivity contribution < 1.29 is 52.0 Å². The molecule has 5 unspecified atom stereocenters. The first-order valence-electron chi connectivity index (χ1n) is 17.8. The number of carbonyl (C=O) groups is 3. The van der Waals surface area contributed by atoms with Gasteiger partial charge in [0.2, 0.25) is 17.1 Å². The third-order valence-electron chi connectivity index (χ3n) is 9.47. The number of fused-ring (bicyclic) bond motifs is 4. The summed E-state index contributed by atoms with van der Waals surface area (Å²) in [5.41, 5.74) is 4.22. The molecular formula is C33H34ClN10O12PS2. The van der Waals surface area contributed by atoms with E-state index in [1.54, 1.807) is 32.0 Å². The molecule has 7 heterocycles. The lowest BCUT2D eigenvalue weighted by atomic mass is 10.1. The summed E-state index contributed by atoms with van der Waals surface area (Å²) in [6, 6.07) is 7.99. The molecule has 0 bridgehead atoms. The van der Waals surface area contributed by atoms with E-state index in [1.165, 1.54) is 33.9 Å². The van der Waals surface area contributed by atoms with E-state index in [0.717, 1.165) is 0 Å². The molecule has 312 valence electrons. The van der Waals surface area contributed by atoms with Crippen molar-refractivity contribution in [2.75, 3.05) is 24.3 Å². The second kappa shape index (κ2) is 16.4. The molecule has 0 spiro atoms. The van der Waals surface area contributed by atoms with E-state index in [-0.39, 0.29) is 51.4 Å². The standard InChI is InChI=1S/C33H34ClN10O12PS2/c1-13(2)26(45)41-33-40-25-20(27(46)42-33)37-12-44(25)28-22(55-29(47)14-6-4-3-5-7-14)21-17(53-28)9-50-31(58)30(48)54-15-8-18(52-16(15)10-51-57(49,59)56-21)43-11-36-19-23(35)38-32(34)39-24(19)43/h3-7,11-13,15-18,21-22,28,31,58H,8-10H2,1-2H3,(H,49,59)(H2,35,38,39)(H2,40,41,42,45,46)/t15?,16-,17-,18-,21?,22?,28-,31?,57?/m1/s1. The van der Waals surface area contributed by atoms with Crippen LogP contribution in [0.25, 0.3) is 22.3 Å². The van der Waals surface area contributed by atoms with E-state index in [9.17, 15) is 24.1 Å². The lowest BCUT2D eigenvalue weighted by Gasteiger charge is -2.28. The number of esters is 2. The maximum absolute atomic E-state index is 13.7. The molecular weight excluding hydrogens is 859 g/mol. The molecule has 5 aromatic rings. The van der Waals surface area contributed by atoms with E-state index in [0.29, 0.717) is 0 Å². The maximum atomic E-state index is 13.7. The SMILES string of the molecule is CC(C)C(=O)Nc1nc2c(ncn2[C@@H]2O[C@@H]3COC(S)C(=O)OC4C[C@H](n5cnc6c(N)nc(Cl)nc65)O[C@@H]4COP(O)(=S)OC3C2OC(=O)c2ccccc2)c(=O)[nH]1. The lowest BCUT2D eigenvalue weighted by Crippen LogP contribution is -2.40. The fourth-order valence-electron chi connectivity index (χ4n) is 6.60. The van der Waals surface area contributed by atoms with Gasteiger partial charge in [0.15, 0.2) is 40.4 Å². The zero-order chi connectivity index (χ0) is 41.7. The Balaban J connectivity index is 1.12. The van der Waals surface area contributed by atoms with Crippen LogP contribution in [0.5, 0.6) is 0 Å². The summed E-state index contributed by atoms with van der Waals surface area (Å²) < 4.78 is 45.0. The summed E-state index contributed by atoms with van der Waals surface area (Å²) >= 11 is 15.9. The maximum Gasteiger partial charge on any atom is 0.345 e. The number of thiol groups is 1. The average molecular weight is 893 g/mol. The highest BCUT2D eigenvalue weighted by molar-refractivity contribution is 8.07. The number of aromatic amines is 1. The van der Waals surface area contributed by atoms with Crippen LogP contribution in [0.3, 0.4) is 0 Å². The van der Waals surface area contributed by atoms with Gasteiger partial charge in [-0.3, -0.25) is 33.5 Å². The van der Waals surface area contributed by atoms with Crippen molar-refractivity contribution in [3.8, 4) is 0 Å². The van der Waals surface area contributed by atoms with Crippen LogP contribution in [0.4, 0.5) is 11.8 Å². The number of hydrogen-bond acceptors (Lipinski definition) is 19. The Hall–Kier alpha value is -4.62. The van der Waals surface area contributed by atoms with Crippen molar-refractivity contribution in [1.82, 2.24) is 39.0 Å². The van der Waals surface area contributed by atoms with Gasteiger partial charge in [0, 0.05) is 12.3 Å². The minimum absolute atomic E-state index is 0.0393. The number of halogens is 1. The average Bonchev–Trinajstić information content (AvgIpc) is 3.98. The second-order valence-electron chi connectivity index (χ2n) is 13.7. The second-order valence-corrected chi connectivity index (χ2v) is 17.3. The summed E-state index contributed by atoms with van der Waals surface area (Å²) in [6.45, 7) is -1.94. The van der Waals surface area contributed by atoms with E-state index >= 15 is 0 Å². The summed E-state index contributed by atoms with van der Waals surface area (Å²) in [4.78, 5) is 87.8. The van der Waals surface area contributed by atoms with Crippen molar-refractivity contribution in [2.24, 2.45) is 5.92 Å². The highest BCUT2D eigenvalue weighted by atomic mass is 35.5. The quantitative estimate of drug-likeness (QED) is 0.0705. The van der Waals surface area contributed by atoms with Crippen molar-refractivity contribution >= 4 is 94.7 Å². The molecule has 8 rings (SSSR count). The number of aromatic nitrogens is 8. The van der Waals surface area contributed by atoms with E-state index in [4.69, 9.17) is 61.9 Å². The van der Waals surface area contributed by atoms with Gasteiger partial charge in [-0.05, 0) is 35.5 Å². The number of carbonyl (C=O) groups excluding carboxylic acids is 3. The van der Waals surface area contributed by atoms with Crippen LogP contribution < -0.4 is 16.6 Å². The number of nitrogens with zero attached hydrogens (tertiary/aromatic N) is 7.